The maximum atomic E-state index is 14.4. The first-order chi connectivity index (χ1) is 17.4. The second-order valence-electron chi connectivity index (χ2n) is 9.58. The van der Waals surface area contributed by atoms with Gasteiger partial charge in [-0.1, -0.05) is 54.6 Å². The molecule has 0 radical (unpaired) electrons. The third kappa shape index (κ3) is 2.82. The molecule has 1 aliphatic carbocycles. The van der Waals surface area contributed by atoms with Gasteiger partial charge < -0.3 is 14.9 Å². The lowest BCUT2D eigenvalue weighted by Gasteiger charge is -2.37. The largest absolute Gasteiger partial charge is 0.504 e. The van der Waals surface area contributed by atoms with Gasteiger partial charge >= 0.3 is 0 Å². The van der Waals surface area contributed by atoms with E-state index in [1.807, 2.05) is 72.6 Å². The minimum Gasteiger partial charge on any atom is -0.504 e. The molecule has 1 heterocycles. The summed E-state index contributed by atoms with van der Waals surface area (Å²) in [7, 11) is 3.49. The third-order valence-electron chi connectivity index (χ3n) is 7.91. The molecule has 0 aromatic heterocycles. The van der Waals surface area contributed by atoms with Crippen LogP contribution in [0.3, 0.4) is 0 Å². The van der Waals surface area contributed by atoms with Crippen LogP contribution in [0.2, 0.25) is 0 Å². The van der Waals surface area contributed by atoms with Crippen LogP contribution in [-0.4, -0.2) is 47.4 Å². The highest BCUT2D eigenvalue weighted by molar-refractivity contribution is 6.22. The maximum Gasteiger partial charge on any atom is 0.189 e. The fourth-order valence-electron chi connectivity index (χ4n) is 6.42. The van der Waals surface area contributed by atoms with Crippen LogP contribution in [0.5, 0.6) is 17.2 Å². The van der Waals surface area contributed by atoms with Gasteiger partial charge in [0.15, 0.2) is 23.1 Å². The smallest absolute Gasteiger partial charge is 0.189 e. The van der Waals surface area contributed by atoms with Crippen LogP contribution in [0.15, 0.2) is 78.9 Å². The average molecular weight is 480 g/mol. The molecule has 6 rings (SSSR count). The molecule has 180 valence electrons. The molecule has 0 amide bonds. The summed E-state index contributed by atoms with van der Waals surface area (Å²) in [6.07, 6.45) is 0. The highest BCUT2D eigenvalue weighted by Gasteiger charge is 2.64. The summed E-state index contributed by atoms with van der Waals surface area (Å²) >= 11 is 0. The number of Topliss-reactive ketones (excluding diaryl/α,β-unsaturated/α-hetero) is 2. The van der Waals surface area contributed by atoms with Gasteiger partial charge in [0.2, 0.25) is 0 Å². The number of hydrogen-bond donors (Lipinski definition) is 2. The van der Waals surface area contributed by atoms with Crippen LogP contribution in [0, 0.1) is 5.92 Å². The molecular formula is C30H25NO5. The summed E-state index contributed by atoms with van der Waals surface area (Å²) in [6.45, 7) is 0.455. The van der Waals surface area contributed by atoms with E-state index >= 15 is 0 Å². The Labute approximate surface area is 208 Å². The zero-order valence-corrected chi connectivity index (χ0v) is 19.9. The van der Waals surface area contributed by atoms with Crippen LogP contribution in [0.25, 0.3) is 10.8 Å². The highest BCUT2D eigenvalue weighted by Crippen LogP contribution is 2.58. The van der Waals surface area contributed by atoms with Gasteiger partial charge in [-0.2, -0.15) is 0 Å². The van der Waals surface area contributed by atoms with Gasteiger partial charge in [-0.15, -0.1) is 0 Å². The monoisotopic (exact) mass is 479 g/mol. The Kier molecular flexibility index (Phi) is 4.92. The van der Waals surface area contributed by atoms with Crippen LogP contribution in [0.1, 0.15) is 37.8 Å². The summed E-state index contributed by atoms with van der Waals surface area (Å²) in [4.78, 5) is 30.8. The molecule has 1 saturated heterocycles. The Balaban J connectivity index is 1.64. The predicted octanol–water partition coefficient (Wildman–Crippen LogP) is 4.88. The van der Waals surface area contributed by atoms with Crippen LogP contribution in [0.4, 0.5) is 0 Å². The lowest BCUT2D eigenvalue weighted by molar-refractivity contribution is 0.0573. The number of rotatable bonds is 4. The molecule has 6 nitrogen and oxygen atoms in total. The lowest BCUT2D eigenvalue weighted by atomic mass is 9.69. The third-order valence-corrected chi connectivity index (χ3v) is 7.91. The molecule has 2 aliphatic rings. The minimum absolute atomic E-state index is 0.101. The summed E-state index contributed by atoms with van der Waals surface area (Å²) < 4.78 is 5.67. The summed E-state index contributed by atoms with van der Waals surface area (Å²) in [5.41, 5.74) is 1.30. The van der Waals surface area contributed by atoms with Gasteiger partial charge in [0.05, 0.1) is 13.0 Å². The molecule has 1 spiro atoms. The van der Waals surface area contributed by atoms with Gasteiger partial charge in [0.25, 0.3) is 0 Å². The summed E-state index contributed by atoms with van der Waals surface area (Å²) in [6, 6.07) is 23.2. The van der Waals surface area contributed by atoms with E-state index < -0.39 is 11.5 Å². The summed E-state index contributed by atoms with van der Waals surface area (Å²) in [5.74, 6) is -1.56. The number of carbonyl (C=O) groups is 2. The molecule has 6 heteroatoms. The topological polar surface area (TPSA) is 87.1 Å². The number of carbonyl (C=O) groups excluding carboxylic acids is 2. The molecule has 3 atom stereocenters. The van der Waals surface area contributed by atoms with E-state index in [2.05, 4.69) is 0 Å². The molecule has 36 heavy (non-hydrogen) atoms. The number of benzene rings is 4. The highest BCUT2D eigenvalue weighted by atomic mass is 16.5. The number of ether oxygens (including phenoxy) is 1. The zero-order valence-electron chi connectivity index (χ0n) is 19.9. The van der Waals surface area contributed by atoms with E-state index in [-0.39, 0.29) is 34.5 Å². The average Bonchev–Trinajstić information content (AvgIpc) is 3.34. The van der Waals surface area contributed by atoms with Crippen molar-refractivity contribution in [3.8, 4) is 17.2 Å². The molecule has 0 unspecified atom stereocenters. The Morgan fingerprint density at radius 2 is 1.72 bits per heavy atom. The Morgan fingerprint density at radius 1 is 0.972 bits per heavy atom. The van der Waals surface area contributed by atoms with Crippen molar-refractivity contribution in [2.45, 2.75) is 11.5 Å². The van der Waals surface area contributed by atoms with Crippen molar-refractivity contribution in [1.29, 1.82) is 0 Å². The quantitative estimate of drug-likeness (QED) is 0.321. The van der Waals surface area contributed by atoms with E-state index in [0.29, 0.717) is 17.9 Å². The number of fused-ring (bicyclic) bond motifs is 1. The summed E-state index contributed by atoms with van der Waals surface area (Å²) in [5, 5.41) is 21.9. The fraction of sp³-hybridized carbons (Fsp3) is 0.200. The standard InChI is InChI=1S/C30H25NO5/c1-31-16-21(19-9-3-4-12-25(19)36-2)27(28(34)18-13-14-23(32)24(33)15-18)30(31)22-11-6-8-17-7-5-10-20(26(17)22)29(30)35/h3-15,21,27,32-33H,16H2,1-2H3/t21-,27-,30+/m1/s1. The number of hydrogen-bond acceptors (Lipinski definition) is 6. The van der Waals surface area contributed by atoms with Crippen molar-refractivity contribution >= 4 is 22.3 Å². The van der Waals surface area contributed by atoms with E-state index in [1.54, 1.807) is 7.11 Å². The number of methoxy groups -OCH3 is 1. The molecular weight excluding hydrogens is 454 g/mol. The Morgan fingerprint density at radius 3 is 2.47 bits per heavy atom. The van der Waals surface area contributed by atoms with Crippen molar-refractivity contribution in [2.75, 3.05) is 20.7 Å². The van der Waals surface area contributed by atoms with E-state index in [1.165, 1.54) is 18.2 Å². The van der Waals surface area contributed by atoms with Crippen LogP contribution >= 0.6 is 0 Å². The SMILES string of the molecule is COc1ccccc1[C@H]1CN(C)[C@]2(C(=O)c3cccc4cccc2c34)[C@H]1C(=O)c1ccc(O)c(O)c1. The lowest BCUT2D eigenvalue weighted by Crippen LogP contribution is -2.50. The first kappa shape index (κ1) is 22.3. The van der Waals surface area contributed by atoms with Gasteiger partial charge in [-0.25, -0.2) is 0 Å². The minimum atomic E-state index is -1.22. The molecule has 1 fully saturated rings. The van der Waals surface area contributed by atoms with Gasteiger partial charge in [0, 0.05) is 23.6 Å². The molecule has 4 aromatic rings. The molecule has 0 saturated carbocycles. The van der Waals surface area contributed by atoms with Crippen molar-refractivity contribution < 1.29 is 24.5 Å². The second-order valence-corrected chi connectivity index (χ2v) is 9.58. The van der Waals surface area contributed by atoms with Crippen LogP contribution in [-0.2, 0) is 5.54 Å². The molecule has 4 aromatic carbocycles. The number of likely N-dealkylation sites (tertiary alicyclic amines) is 1. The molecule has 0 bridgehead atoms. The fourth-order valence-corrected chi connectivity index (χ4v) is 6.42. The van der Waals surface area contributed by atoms with Crippen LogP contribution < -0.4 is 4.74 Å². The number of likely N-dealkylation sites (N-methyl/N-ethyl adjacent to an activating group) is 1. The van der Waals surface area contributed by atoms with E-state index in [9.17, 15) is 19.8 Å². The van der Waals surface area contributed by atoms with Gasteiger partial charge in [0.1, 0.15) is 11.3 Å². The van der Waals surface area contributed by atoms with E-state index in [4.69, 9.17) is 4.74 Å². The van der Waals surface area contributed by atoms with Crippen molar-refractivity contribution in [1.82, 2.24) is 4.90 Å². The van der Waals surface area contributed by atoms with Crippen molar-refractivity contribution in [3.63, 3.8) is 0 Å². The number of para-hydroxylation sites is 1. The first-order valence-electron chi connectivity index (χ1n) is 11.9. The second kappa shape index (κ2) is 7.93. The van der Waals surface area contributed by atoms with Gasteiger partial charge in [-0.3, -0.25) is 14.5 Å². The molecule has 1 aliphatic heterocycles. The van der Waals surface area contributed by atoms with Gasteiger partial charge in [-0.05, 0) is 53.2 Å². The number of ketones is 2. The Hall–Kier alpha value is -4.16. The number of phenols is 2. The zero-order chi connectivity index (χ0) is 25.2. The maximum absolute atomic E-state index is 14.4. The first-order valence-corrected chi connectivity index (χ1v) is 11.9. The Bertz CT molecular complexity index is 1560. The van der Waals surface area contributed by atoms with Crippen molar-refractivity contribution in [2.24, 2.45) is 5.92 Å². The number of aromatic hydroxyl groups is 2. The molecule has 2 N–H and O–H groups in total. The predicted molar refractivity (Wildman–Crippen MR) is 136 cm³/mol. The number of nitrogens with zero attached hydrogens (tertiary/aromatic N) is 1. The number of phenolic OH excluding ortho intramolecular Hbond substituents is 2. The van der Waals surface area contributed by atoms with Crippen molar-refractivity contribution in [3.05, 3.63) is 101 Å². The van der Waals surface area contributed by atoms with E-state index in [0.717, 1.165) is 21.9 Å². The normalized spacial score (nSPS) is 23.0.